The molecule has 46 heavy (non-hydrogen) atoms. The Bertz CT molecular complexity index is 1800. The van der Waals surface area contributed by atoms with E-state index >= 15 is 8.78 Å². The summed E-state index contributed by atoms with van der Waals surface area (Å²) in [5.41, 5.74) is -2.30. The second-order valence-electron chi connectivity index (χ2n) is 11.8. The number of anilines is 1. The minimum absolute atomic E-state index is 0.101. The fraction of sp³-hybridized carbons (Fsp3) is 0.467. The van der Waals surface area contributed by atoms with Crippen LogP contribution < -0.4 is 14.5 Å². The molecule has 0 unspecified atom stereocenters. The number of benzene rings is 2. The molecule has 1 aliphatic rings. The first-order valence-corrected chi connectivity index (χ1v) is 16.1. The van der Waals surface area contributed by atoms with Crippen LogP contribution in [-0.2, 0) is 23.4 Å². The van der Waals surface area contributed by atoms with Crippen LogP contribution in [0, 0.1) is 6.92 Å². The molecular formula is C30H37F2N6O7P. The Morgan fingerprint density at radius 1 is 1.17 bits per heavy atom. The first kappa shape index (κ1) is 33.6. The first-order chi connectivity index (χ1) is 21.5. The summed E-state index contributed by atoms with van der Waals surface area (Å²) < 4.78 is 70.2. The number of aryl methyl sites for hydroxylation is 1. The van der Waals surface area contributed by atoms with Crippen molar-refractivity contribution in [2.45, 2.75) is 70.6 Å². The van der Waals surface area contributed by atoms with Crippen LogP contribution in [-0.4, -0.2) is 81.1 Å². The monoisotopic (exact) mass is 662 g/mol. The highest BCUT2D eigenvalue weighted by Gasteiger charge is 2.65. The van der Waals surface area contributed by atoms with Gasteiger partial charge in [-0.15, -0.1) is 0 Å². The maximum absolute atomic E-state index is 16.5. The summed E-state index contributed by atoms with van der Waals surface area (Å²) in [6, 6.07) is 10.8. The molecule has 2 aromatic carbocycles. The number of nitrogens with zero attached hydrogens (tertiary/aromatic N) is 5. The number of ether oxygens (including phenoxy) is 2. The minimum Gasteiger partial charge on any atom is -0.462 e. The van der Waals surface area contributed by atoms with Crippen LogP contribution in [0.15, 0.2) is 48.8 Å². The van der Waals surface area contributed by atoms with Gasteiger partial charge in [-0.3, -0.25) is 13.9 Å². The molecule has 2 N–H and O–H groups in total. The summed E-state index contributed by atoms with van der Waals surface area (Å²) in [7, 11) is -1.16. The summed E-state index contributed by atoms with van der Waals surface area (Å²) >= 11 is 0. The molecule has 0 bridgehead atoms. The van der Waals surface area contributed by atoms with Gasteiger partial charge in [-0.25, -0.2) is 28.3 Å². The summed E-state index contributed by atoms with van der Waals surface area (Å²) in [5, 5.41) is 14.7. The molecule has 0 spiro atoms. The van der Waals surface area contributed by atoms with E-state index in [1.165, 1.54) is 19.3 Å². The topological polar surface area (TPSA) is 150 Å². The average Bonchev–Trinajstić information content (AvgIpc) is 3.47. The molecule has 0 radical (unpaired) electrons. The predicted molar refractivity (Wildman–Crippen MR) is 166 cm³/mol. The molecule has 2 aromatic heterocycles. The van der Waals surface area contributed by atoms with Gasteiger partial charge in [0.1, 0.15) is 24.2 Å². The number of hydrogen-bond acceptors (Lipinski definition) is 11. The minimum atomic E-state index is -4.66. The molecule has 248 valence electrons. The number of alkyl halides is 2. The van der Waals surface area contributed by atoms with Crippen molar-refractivity contribution in [1.82, 2.24) is 24.6 Å². The van der Waals surface area contributed by atoms with Crippen LogP contribution >= 0.6 is 7.75 Å². The van der Waals surface area contributed by atoms with Gasteiger partial charge in [-0.1, -0.05) is 36.4 Å². The third kappa shape index (κ3) is 6.42. The van der Waals surface area contributed by atoms with Gasteiger partial charge in [0.25, 0.3) is 5.85 Å². The maximum Gasteiger partial charge on any atom is 0.459 e. The molecule has 6 atom stereocenters. The van der Waals surface area contributed by atoms with E-state index in [9.17, 15) is 14.5 Å². The third-order valence-corrected chi connectivity index (χ3v) is 8.99. The van der Waals surface area contributed by atoms with Crippen LogP contribution in [0.3, 0.4) is 0 Å². The normalized spacial score (nSPS) is 25.1. The van der Waals surface area contributed by atoms with E-state index in [1.54, 1.807) is 76.2 Å². The highest BCUT2D eigenvalue weighted by atomic mass is 31.2. The second-order valence-corrected chi connectivity index (χ2v) is 13.5. The van der Waals surface area contributed by atoms with Crippen molar-refractivity contribution in [3.63, 3.8) is 0 Å². The van der Waals surface area contributed by atoms with Gasteiger partial charge in [0.2, 0.25) is 0 Å². The van der Waals surface area contributed by atoms with Gasteiger partial charge < -0.3 is 24.0 Å². The number of hydrogen-bond donors (Lipinski definition) is 2. The predicted octanol–water partition coefficient (Wildman–Crippen LogP) is 4.77. The number of halogens is 2. The van der Waals surface area contributed by atoms with Gasteiger partial charge in [-0.05, 0) is 46.1 Å². The molecule has 1 fully saturated rings. The zero-order chi connectivity index (χ0) is 33.6. The average molecular weight is 663 g/mol. The Morgan fingerprint density at radius 2 is 1.87 bits per heavy atom. The smallest absolute Gasteiger partial charge is 0.459 e. The lowest BCUT2D eigenvalue weighted by Gasteiger charge is -2.28. The van der Waals surface area contributed by atoms with E-state index in [4.69, 9.17) is 18.5 Å². The van der Waals surface area contributed by atoms with Crippen molar-refractivity contribution in [3.8, 4) is 5.75 Å². The fourth-order valence-corrected chi connectivity index (χ4v) is 6.67. The maximum atomic E-state index is 16.5. The summed E-state index contributed by atoms with van der Waals surface area (Å²) in [6.07, 6.45) is -3.45. The number of carbonyl (C=O) groups is 1. The third-order valence-electron chi connectivity index (χ3n) is 7.38. The molecular weight excluding hydrogens is 625 g/mol. The number of esters is 1. The van der Waals surface area contributed by atoms with Crippen molar-refractivity contribution in [2.24, 2.45) is 0 Å². The Labute approximate surface area is 264 Å². The molecule has 0 amide bonds. The molecule has 0 aliphatic carbocycles. The van der Waals surface area contributed by atoms with E-state index < -0.39 is 56.3 Å². The number of rotatable bonds is 11. The lowest BCUT2D eigenvalue weighted by atomic mass is 9.97. The highest BCUT2D eigenvalue weighted by molar-refractivity contribution is 7.52. The van der Waals surface area contributed by atoms with Crippen molar-refractivity contribution in [2.75, 3.05) is 25.6 Å². The van der Waals surface area contributed by atoms with E-state index in [2.05, 4.69) is 20.0 Å². The lowest BCUT2D eigenvalue weighted by molar-refractivity contribution is -0.202. The summed E-state index contributed by atoms with van der Waals surface area (Å²) in [4.78, 5) is 27.3. The molecule has 16 heteroatoms. The number of aromatic nitrogens is 4. The van der Waals surface area contributed by atoms with E-state index in [0.29, 0.717) is 22.5 Å². The number of carbonyl (C=O) groups excluding carboxylic acids is 1. The van der Waals surface area contributed by atoms with E-state index in [1.807, 2.05) is 0 Å². The molecule has 3 heterocycles. The van der Waals surface area contributed by atoms with Crippen LogP contribution in [0.25, 0.3) is 21.9 Å². The highest BCUT2D eigenvalue weighted by Crippen LogP contribution is 2.52. The van der Waals surface area contributed by atoms with Crippen LogP contribution in [0.2, 0.25) is 0 Å². The van der Waals surface area contributed by atoms with Crippen LogP contribution in [0.4, 0.5) is 14.6 Å². The number of nitrogens with one attached hydrogen (secondary N) is 1. The van der Waals surface area contributed by atoms with Crippen molar-refractivity contribution >= 4 is 41.5 Å². The number of imidazole rings is 1. The standard InChI is InChI=1S/C30H37F2N6O7P/c1-17(2)43-26(39)18(3)36-46(41,45-22-14-10-12-20-11-8-9-13-21(20)22)42-15-30(32)27(40)29(5,31)28(44-30)38-16-33-23-24(37(6)7)34-19(4)35-25(23)38/h8-14,16-18,27-28,40H,15H2,1-7H3,(H,36,41)/t18-,27+,28-,29-,30-,46-/m1/s1. The van der Waals surface area contributed by atoms with Gasteiger partial charge >= 0.3 is 13.7 Å². The van der Waals surface area contributed by atoms with Crippen LogP contribution in [0.1, 0.15) is 39.7 Å². The summed E-state index contributed by atoms with van der Waals surface area (Å²) in [6.45, 7) is 5.99. The first-order valence-electron chi connectivity index (χ1n) is 14.6. The molecule has 4 aromatic rings. The second kappa shape index (κ2) is 12.5. The van der Waals surface area contributed by atoms with Crippen molar-refractivity contribution < 1.29 is 41.8 Å². The molecule has 1 saturated heterocycles. The zero-order valence-electron chi connectivity index (χ0n) is 26.5. The number of fused-ring (bicyclic) bond motifs is 2. The van der Waals surface area contributed by atoms with Gasteiger partial charge in [0, 0.05) is 19.5 Å². The Kier molecular flexibility index (Phi) is 9.10. The van der Waals surface area contributed by atoms with Gasteiger partial charge in [0.15, 0.2) is 35.0 Å². The number of aliphatic hydroxyl groups excluding tert-OH is 1. The molecule has 13 nitrogen and oxygen atoms in total. The molecule has 0 saturated carbocycles. The Hall–Kier alpha value is -3.75. The fourth-order valence-electron chi connectivity index (χ4n) is 5.15. The molecule has 5 rings (SSSR count). The van der Waals surface area contributed by atoms with E-state index in [0.717, 1.165) is 16.9 Å². The van der Waals surface area contributed by atoms with Crippen LogP contribution in [0.5, 0.6) is 5.75 Å². The largest absolute Gasteiger partial charge is 0.462 e. The van der Waals surface area contributed by atoms with Gasteiger partial charge in [0.05, 0.1) is 12.4 Å². The lowest BCUT2D eigenvalue weighted by Crippen LogP contribution is -2.47. The molecule has 1 aliphatic heterocycles. The van der Waals surface area contributed by atoms with E-state index in [-0.39, 0.29) is 11.4 Å². The Balaban J connectivity index is 1.46. The number of aliphatic hydroxyl groups is 1. The SMILES string of the molecule is Cc1nc(N(C)C)c2ncn([C@@H]3O[C@](F)(CO[P@](=O)(N[C@H](C)C(=O)OC(C)C)Oc4cccc5ccccc45)[C@@H](O)[C@@]3(C)F)c2n1. The van der Waals surface area contributed by atoms with Gasteiger partial charge in [-0.2, -0.15) is 5.09 Å². The zero-order valence-corrected chi connectivity index (χ0v) is 27.4. The van der Waals surface area contributed by atoms with Crippen molar-refractivity contribution in [1.29, 1.82) is 0 Å². The summed E-state index contributed by atoms with van der Waals surface area (Å²) in [5.74, 6) is -3.13. The Morgan fingerprint density at radius 3 is 2.57 bits per heavy atom. The quantitative estimate of drug-likeness (QED) is 0.168. The van der Waals surface area contributed by atoms with Crippen molar-refractivity contribution in [3.05, 3.63) is 54.6 Å².